The van der Waals surface area contributed by atoms with Crippen molar-refractivity contribution in [1.82, 2.24) is 0 Å². The summed E-state index contributed by atoms with van der Waals surface area (Å²) in [4.78, 5) is 0. The van der Waals surface area contributed by atoms with Crippen LogP contribution in [0.1, 0.15) is 12.5 Å². The van der Waals surface area contributed by atoms with Gasteiger partial charge in [-0.2, -0.15) is 0 Å². The highest BCUT2D eigenvalue weighted by atomic mass is 16.7. The van der Waals surface area contributed by atoms with Crippen molar-refractivity contribution in [3.05, 3.63) is 64.8 Å². The van der Waals surface area contributed by atoms with Gasteiger partial charge in [0.2, 0.25) is 18.2 Å². The van der Waals surface area contributed by atoms with E-state index < -0.39 is 42.6 Å². The van der Waals surface area contributed by atoms with E-state index in [4.69, 9.17) is 9.47 Å². The number of aliphatic hydroxyl groups excluding tert-OH is 5. The van der Waals surface area contributed by atoms with E-state index in [0.717, 1.165) is 6.08 Å². The van der Waals surface area contributed by atoms with Crippen LogP contribution in [0.3, 0.4) is 0 Å². The Morgan fingerprint density at radius 1 is 0.935 bits per heavy atom. The molecule has 1 aromatic rings. The van der Waals surface area contributed by atoms with Gasteiger partial charge in [-0.25, -0.2) is 0 Å². The van der Waals surface area contributed by atoms with Gasteiger partial charge in [-0.05, 0) is 19.1 Å². The molecule has 1 aromatic carbocycles. The van der Waals surface area contributed by atoms with Gasteiger partial charge in [-0.1, -0.05) is 0 Å². The third-order valence-electron chi connectivity index (χ3n) is 5.32. The van der Waals surface area contributed by atoms with Crippen LogP contribution in [0.5, 0.6) is 11.5 Å². The Morgan fingerprint density at radius 2 is 1.68 bits per heavy atom. The highest BCUT2D eigenvalue weighted by Crippen LogP contribution is 2.38. The number of allylic oxidation sites excluding steroid dienone is 2. The molecule has 1 saturated heterocycles. The number of hydrogen-bond acceptors (Lipinski definition) is 9. The number of phenolic OH excluding ortho intramolecular Hbond substituents is 2. The Bertz CT molecular complexity index is 1010. The lowest BCUT2D eigenvalue weighted by Crippen LogP contribution is -2.57. The first kappa shape index (κ1) is 21.1. The highest BCUT2D eigenvalue weighted by molar-refractivity contribution is 5.69. The molecule has 1 aliphatic carbocycles. The fourth-order valence-corrected chi connectivity index (χ4v) is 3.57. The minimum atomic E-state index is -1.58. The molecule has 10 heteroatoms. The quantitative estimate of drug-likeness (QED) is 0.261. The average Bonchev–Trinajstić information content (AvgIpc) is 2.72. The van der Waals surface area contributed by atoms with Crippen LogP contribution in [0, 0.1) is 0 Å². The SMILES string of the molecule is C[C@@H]1O[C@@H](OC2=C(c3ccc(O)c(O)c3)[OH+]C3C=C(O)C=C(O)C3=C2)[C@H](O)[C@H](O)[C@H]1O. The lowest BCUT2D eigenvalue weighted by molar-refractivity contribution is -0.282. The molecule has 0 bridgehead atoms. The smallest absolute Gasteiger partial charge is 0.305 e. The molecule has 0 saturated carbocycles. The predicted octanol–water partition coefficient (Wildman–Crippen LogP) is 0.344. The molecule has 6 atom stereocenters. The van der Waals surface area contributed by atoms with Gasteiger partial charge in [0.05, 0.1) is 23.3 Å². The van der Waals surface area contributed by atoms with Crippen molar-refractivity contribution in [3.63, 3.8) is 0 Å². The third-order valence-corrected chi connectivity index (χ3v) is 5.32. The van der Waals surface area contributed by atoms with E-state index in [9.17, 15) is 35.7 Å². The van der Waals surface area contributed by atoms with Crippen molar-refractivity contribution in [1.29, 1.82) is 0 Å². The molecule has 4 rings (SSSR count). The summed E-state index contributed by atoms with van der Waals surface area (Å²) >= 11 is 0. The molecule has 2 heterocycles. The van der Waals surface area contributed by atoms with Crippen LogP contribution < -0.4 is 0 Å². The third kappa shape index (κ3) is 3.81. The monoisotopic (exact) mass is 435 g/mol. The molecule has 31 heavy (non-hydrogen) atoms. The molecule has 2 aliphatic heterocycles. The van der Waals surface area contributed by atoms with Crippen LogP contribution in [0.15, 0.2) is 59.3 Å². The molecule has 1 unspecified atom stereocenters. The molecule has 10 nitrogen and oxygen atoms in total. The van der Waals surface area contributed by atoms with Crippen LogP contribution in [0.2, 0.25) is 0 Å². The molecule has 1 fully saturated rings. The molecule has 166 valence electrons. The first-order valence-corrected chi connectivity index (χ1v) is 9.53. The van der Waals surface area contributed by atoms with Crippen molar-refractivity contribution < 1.29 is 50.0 Å². The lowest BCUT2D eigenvalue weighted by atomic mass is 9.97. The van der Waals surface area contributed by atoms with E-state index in [1.807, 2.05) is 0 Å². The normalized spacial score (nSPS) is 33.0. The largest absolute Gasteiger partial charge is 0.571 e. The van der Waals surface area contributed by atoms with E-state index in [1.54, 1.807) is 0 Å². The second-order valence-corrected chi connectivity index (χ2v) is 7.51. The van der Waals surface area contributed by atoms with Gasteiger partial charge >= 0.3 is 5.76 Å². The standard InChI is InChI=1S/C21H22O10/c1-8-17(26)18(27)19(28)21(29-8)31-16-7-11-13(24)5-10(22)6-15(11)30-20(16)9-2-3-12(23)14(25)4-9/h2-8,15,17-19,21-28H,1H3/p+1/t8-,15?,17-,18+,19+,21-/m0/s1. The number of benzene rings is 1. The summed E-state index contributed by atoms with van der Waals surface area (Å²) in [5.74, 6) is -0.960. The Labute approximate surface area is 176 Å². The van der Waals surface area contributed by atoms with E-state index >= 15 is 0 Å². The van der Waals surface area contributed by atoms with Gasteiger partial charge in [0, 0.05) is 18.2 Å². The number of fused-ring (bicyclic) bond motifs is 1. The maximum Gasteiger partial charge on any atom is 0.305 e. The highest BCUT2D eigenvalue weighted by Gasteiger charge is 2.45. The molecular formula is C21H23O10+. The molecule has 0 aromatic heterocycles. The lowest BCUT2D eigenvalue weighted by Gasteiger charge is -2.39. The molecular weight excluding hydrogens is 412 g/mol. The molecule has 3 aliphatic rings. The molecule has 8 N–H and O–H groups in total. The van der Waals surface area contributed by atoms with Crippen LogP contribution in [0.4, 0.5) is 0 Å². The number of phenols is 2. The second-order valence-electron chi connectivity index (χ2n) is 7.51. The molecule has 0 spiro atoms. The van der Waals surface area contributed by atoms with Gasteiger partial charge in [0.1, 0.15) is 29.8 Å². The second kappa shape index (κ2) is 7.82. The zero-order valence-corrected chi connectivity index (χ0v) is 16.3. The fourth-order valence-electron chi connectivity index (χ4n) is 3.57. The van der Waals surface area contributed by atoms with Crippen molar-refractivity contribution in [2.24, 2.45) is 0 Å². The van der Waals surface area contributed by atoms with Crippen molar-refractivity contribution in [3.8, 4) is 11.5 Å². The Morgan fingerprint density at radius 3 is 2.39 bits per heavy atom. The maximum atomic E-state index is 10.3. The van der Waals surface area contributed by atoms with Crippen molar-refractivity contribution in [2.45, 2.75) is 43.7 Å². The first-order chi connectivity index (χ1) is 14.7. The zero-order chi connectivity index (χ0) is 22.4. The average molecular weight is 435 g/mol. The van der Waals surface area contributed by atoms with Gasteiger partial charge in [0.15, 0.2) is 11.5 Å². The minimum Gasteiger partial charge on any atom is -0.571 e. The summed E-state index contributed by atoms with van der Waals surface area (Å²) in [5.41, 5.74) is 0.639. The maximum absolute atomic E-state index is 10.3. The number of rotatable bonds is 3. The van der Waals surface area contributed by atoms with Crippen LogP contribution in [0.25, 0.3) is 5.76 Å². The topological polar surface area (TPSA) is 173 Å². The summed E-state index contributed by atoms with van der Waals surface area (Å²) in [6.45, 7) is 1.51. The zero-order valence-electron chi connectivity index (χ0n) is 16.3. The fraction of sp³-hybridized carbons (Fsp3) is 0.333. The Kier molecular flexibility index (Phi) is 5.31. The summed E-state index contributed by atoms with van der Waals surface area (Å²) in [7, 11) is 0. The number of ether oxygens (including phenoxy) is 3. The number of aliphatic hydroxyl groups is 7. The summed E-state index contributed by atoms with van der Waals surface area (Å²) in [5, 5.41) is 69.8. The van der Waals surface area contributed by atoms with E-state index in [0.29, 0.717) is 11.1 Å². The van der Waals surface area contributed by atoms with Crippen molar-refractivity contribution >= 4 is 5.76 Å². The van der Waals surface area contributed by atoms with Crippen molar-refractivity contribution in [2.75, 3.05) is 0 Å². The van der Waals surface area contributed by atoms with E-state index in [-0.39, 0.29) is 28.8 Å². The van der Waals surface area contributed by atoms with Crippen LogP contribution in [-0.4, -0.2) is 77.3 Å². The van der Waals surface area contributed by atoms with E-state index in [1.165, 1.54) is 37.3 Å². The predicted molar refractivity (Wildman–Crippen MR) is 106 cm³/mol. The minimum absolute atomic E-state index is 0.0333. The van der Waals surface area contributed by atoms with Gasteiger partial charge in [-0.3, -0.25) is 0 Å². The summed E-state index contributed by atoms with van der Waals surface area (Å²) in [6.07, 6.45) is -3.40. The number of aromatic hydroxyl groups is 2. The molecule has 0 amide bonds. The van der Waals surface area contributed by atoms with Crippen LogP contribution in [-0.2, 0) is 9.47 Å². The van der Waals surface area contributed by atoms with Gasteiger partial charge in [0.25, 0.3) is 0 Å². The number of hydrogen-bond donors (Lipinski definition) is 7. The van der Waals surface area contributed by atoms with E-state index in [2.05, 4.69) is 4.74 Å². The Hall–Kier alpha value is -3.18. The van der Waals surface area contributed by atoms with Gasteiger partial charge < -0.3 is 50.0 Å². The van der Waals surface area contributed by atoms with Gasteiger partial charge in [-0.15, -0.1) is 0 Å². The summed E-state index contributed by atoms with van der Waals surface area (Å²) < 4.78 is 15.8. The summed E-state index contributed by atoms with van der Waals surface area (Å²) in [6, 6.07) is 3.97. The Balaban J connectivity index is 1.76. The molecule has 0 radical (unpaired) electrons. The first-order valence-electron chi connectivity index (χ1n) is 9.53. The van der Waals surface area contributed by atoms with Crippen LogP contribution >= 0.6 is 0 Å².